The van der Waals surface area contributed by atoms with E-state index in [-0.39, 0.29) is 17.5 Å². The SMILES string of the molecule is O=C(NC1CCN(C(=O)c2ccccc2Br)CC1)c1cc(O)c(O)c(O)c1. The van der Waals surface area contributed by atoms with Gasteiger partial charge < -0.3 is 25.5 Å². The number of likely N-dealkylation sites (tertiary alicyclic amines) is 1. The normalized spacial score (nSPS) is 14.8. The Balaban J connectivity index is 1.59. The fourth-order valence-corrected chi connectivity index (χ4v) is 3.49. The van der Waals surface area contributed by atoms with Crippen molar-refractivity contribution in [2.24, 2.45) is 0 Å². The van der Waals surface area contributed by atoms with E-state index in [1.165, 1.54) is 0 Å². The van der Waals surface area contributed by atoms with Crippen LogP contribution in [0.3, 0.4) is 0 Å². The molecule has 0 aliphatic carbocycles. The van der Waals surface area contributed by atoms with Crippen LogP contribution in [0.2, 0.25) is 0 Å². The lowest BCUT2D eigenvalue weighted by Crippen LogP contribution is -2.46. The Labute approximate surface area is 164 Å². The van der Waals surface area contributed by atoms with Gasteiger partial charge in [-0.15, -0.1) is 0 Å². The summed E-state index contributed by atoms with van der Waals surface area (Å²) in [7, 11) is 0. The lowest BCUT2D eigenvalue weighted by atomic mass is 10.0. The summed E-state index contributed by atoms with van der Waals surface area (Å²) < 4.78 is 0.748. The predicted molar refractivity (Wildman–Crippen MR) is 102 cm³/mol. The third-order valence-electron chi connectivity index (χ3n) is 4.55. The first-order valence-corrected chi connectivity index (χ1v) is 9.25. The molecule has 1 aliphatic rings. The highest BCUT2D eigenvalue weighted by molar-refractivity contribution is 9.10. The third-order valence-corrected chi connectivity index (χ3v) is 5.25. The fourth-order valence-electron chi connectivity index (χ4n) is 3.04. The second-order valence-corrected chi connectivity index (χ2v) is 7.24. The number of halogens is 1. The van der Waals surface area contributed by atoms with Gasteiger partial charge >= 0.3 is 0 Å². The molecule has 2 aromatic carbocycles. The number of carbonyl (C=O) groups excluding carboxylic acids is 2. The number of carbonyl (C=O) groups is 2. The second kappa shape index (κ2) is 7.87. The van der Waals surface area contributed by atoms with E-state index in [1.54, 1.807) is 11.0 Å². The zero-order valence-corrected chi connectivity index (χ0v) is 15.9. The molecule has 2 amide bonds. The van der Waals surface area contributed by atoms with Crippen molar-refractivity contribution >= 4 is 27.7 Å². The van der Waals surface area contributed by atoms with Crippen LogP contribution in [0.1, 0.15) is 33.6 Å². The van der Waals surface area contributed by atoms with Crippen molar-refractivity contribution in [1.82, 2.24) is 10.2 Å². The highest BCUT2D eigenvalue weighted by Crippen LogP contribution is 2.35. The second-order valence-electron chi connectivity index (χ2n) is 6.38. The molecule has 0 spiro atoms. The summed E-state index contributed by atoms with van der Waals surface area (Å²) in [5.41, 5.74) is 0.657. The van der Waals surface area contributed by atoms with E-state index >= 15 is 0 Å². The predicted octanol–water partition coefficient (Wildman–Crippen LogP) is 2.60. The van der Waals surface area contributed by atoms with E-state index in [0.717, 1.165) is 16.6 Å². The van der Waals surface area contributed by atoms with Gasteiger partial charge in [0.2, 0.25) is 0 Å². The number of phenolic OH excluding ortho intramolecular Hbond substituents is 3. The van der Waals surface area contributed by atoms with Crippen LogP contribution in [-0.4, -0.2) is 51.2 Å². The van der Waals surface area contributed by atoms with E-state index in [0.29, 0.717) is 31.5 Å². The molecule has 7 nitrogen and oxygen atoms in total. The van der Waals surface area contributed by atoms with E-state index in [9.17, 15) is 24.9 Å². The maximum Gasteiger partial charge on any atom is 0.254 e. The molecule has 2 aromatic rings. The molecular formula is C19H19BrN2O5. The maximum absolute atomic E-state index is 12.6. The first-order chi connectivity index (χ1) is 12.9. The standard InChI is InChI=1S/C19H19BrN2O5/c20-14-4-2-1-3-13(14)19(27)22-7-5-12(6-8-22)21-18(26)11-9-15(23)17(25)16(24)10-11/h1-4,9-10,12,23-25H,5-8H2,(H,21,26). The molecule has 0 aromatic heterocycles. The number of aromatic hydroxyl groups is 3. The van der Waals surface area contributed by atoms with Gasteiger partial charge in [0.15, 0.2) is 17.2 Å². The Bertz CT molecular complexity index is 855. The average Bonchev–Trinajstić information content (AvgIpc) is 2.66. The Morgan fingerprint density at radius 3 is 2.22 bits per heavy atom. The summed E-state index contributed by atoms with van der Waals surface area (Å²) >= 11 is 3.39. The highest BCUT2D eigenvalue weighted by atomic mass is 79.9. The number of hydrogen-bond acceptors (Lipinski definition) is 5. The lowest BCUT2D eigenvalue weighted by molar-refractivity contribution is 0.0697. The number of piperidine rings is 1. The van der Waals surface area contributed by atoms with Gasteiger partial charge in [0, 0.05) is 29.2 Å². The number of phenols is 3. The molecule has 1 fully saturated rings. The van der Waals surface area contributed by atoms with E-state index in [1.807, 2.05) is 18.2 Å². The summed E-state index contributed by atoms with van der Waals surface area (Å²) in [6.45, 7) is 1.02. The highest BCUT2D eigenvalue weighted by Gasteiger charge is 2.26. The molecule has 1 aliphatic heterocycles. The first-order valence-electron chi connectivity index (χ1n) is 8.46. The summed E-state index contributed by atoms with van der Waals surface area (Å²) in [6, 6.07) is 9.31. The van der Waals surface area contributed by atoms with E-state index in [4.69, 9.17) is 0 Å². The van der Waals surface area contributed by atoms with Crippen molar-refractivity contribution in [2.45, 2.75) is 18.9 Å². The molecule has 27 heavy (non-hydrogen) atoms. The minimum absolute atomic E-state index is 0.0505. The van der Waals surface area contributed by atoms with Crippen LogP contribution in [0.5, 0.6) is 17.2 Å². The van der Waals surface area contributed by atoms with Gasteiger partial charge in [-0.2, -0.15) is 0 Å². The van der Waals surface area contributed by atoms with Gasteiger partial charge in [-0.1, -0.05) is 12.1 Å². The van der Waals surface area contributed by atoms with Gasteiger partial charge in [0.1, 0.15) is 0 Å². The molecular weight excluding hydrogens is 416 g/mol. The van der Waals surface area contributed by atoms with Crippen LogP contribution in [0.15, 0.2) is 40.9 Å². The third kappa shape index (κ3) is 4.16. The zero-order valence-electron chi connectivity index (χ0n) is 14.4. The fraction of sp³-hybridized carbons (Fsp3) is 0.263. The Hall–Kier alpha value is -2.74. The molecule has 3 rings (SSSR count). The minimum Gasteiger partial charge on any atom is -0.504 e. The average molecular weight is 435 g/mol. The van der Waals surface area contributed by atoms with Gasteiger partial charge in [0.05, 0.1) is 5.56 Å². The Morgan fingerprint density at radius 1 is 1.04 bits per heavy atom. The topological polar surface area (TPSA) is 110 Å². The molecule has 0 saturated carbocycles. The smallest absolute Gasteiger partial charge is 0.254 e. The number of benzene rings is 2. The molecule has 1 saturated heterocycles. The van der Waals surface area contributed by atoms with E-state index in [2.05, 4.69) is 21.2 Å². The largest absolute Gasteiger partial charge is 0.504 e. The summed E-state index contributed by atoms with van der Waals surface area (Å²) in [5.74, 6) is -2.30. The molecule has 0 radical (unpaired) electrons. The summed E-state index contributed by atoms with van der Waals surface area (Å²) in [5, 5.41) is 31.2. The molecule has 8 heteroatoms. The van der Waals surface area contributed by atoms with Crippen molar-refractivity contribution in [2.75, 3.05) is 13.1 Å². The van der Waals surface area contributed by atoms with Gasteiger partial charge in [-0.05, 0) is 53.0 Å². The Kier molecular flexibility index (Phi) is 5.55. The molecule has 4 N–H and O–H groups in total. The van der Waals surface area contributed by atoms with Crippen LogP contribution in [0.4, 0.5) is 0 Å². The number of nitrogens with one attached hydrogen (secondary N) is 1. The molecule has 0 unspecified atom stereocenters. The number of rotatable bonds is 3. The van der Waals surface area contributed by atoms with Crippen molar-refractivity contribution in [1.29, 1.82) is 0 Å². The molecule has 1 heterocycles. The quantitative estimate of drug-likeness (QED) is 0.555. The summed E-state index contributed by atoms with van der Waals surface area (Å²) in [6.07, 6.45) is 1.19. The van der Waals surface area contributed by atoms with Crippen LogP contribution >= 0.6 is 15.9 Å². The number of amides is 2. The van der Waals surface area contributed by atoms with Crippen LogP contribution in [-0.2, 0) is 0 Å². The van der Waals surface area contributed by atoms with Gasteiger partial charge in [-0.25, -0.2) is 0 Å². The van der Waals surface area contributed by atoms with Crippen LogP contribution in [0, 0.1) is 0 Å². The van der Waals surface area contributed by atoms with Crippen molar-refractivity contribution in [3.63, 3.8) is 0 Å². The molecule has 0 bridgehead atoms. The van der Waals surface area contributed by atoms with Crippen molar-refractivity contribution in [3.8, 4) is 17.2 Å². The van der Waals surface area contributed by atoms with Gasteiger partial charge in [0.25, 0.3) is 11.8 Å². The van der Waals surface area contributed by atoms with Crippen LogP contribution < -0.4 is 5.32 Å². The van der Waals surface area contributed by atoms with E-state index < -0.39 is 23.2 Å². The maximum atomic E-state index is 12.6. The van der Waals surface area contributed by atoms with Crippen molar-refractivity contribution < 1.29 is 24.9 Å². The first kappa shape index (κ1) is 19.0. The van der Waals surface area contributed by atoms with Gasteiger partial charge in [-0.3, -0.25) is 9.59 Å². The van der Waals surface area contributed by atoms with Crippen LogP contribution in [0.25, 0.3) is 0 Å². The van der Waals surface area contributed by atoms with Crippen molar-refractivity contribution in [3.05, 3.63) is 52.0 Å². The molecule has 0 atom stereocenters. The summed E-state index contributed by atoms with van der Waals surface area (Å²) in [4.78, 5) is 26.7. The number of nitrogens with zero attached hydrogens (tertiary/aromatic N) is 1. The lowest BCUT2D eigenvalue weighted by Gasteiger charge is -2.32. The number of hydrogen-bond donors (Lipinski definition) is 4. The Morgan fingerprint density at radius 2 is 1.63 bits per heavy atom. The monoisotopic (exact) mass is 434 g/mol. The molecule has 142 valence electrons. The minimum atomic E-state index is -0.662. The zero-order chi connectivity index (χ0) is 19.6.